The molecule has 30 heavy (non-hydrogen) atoms. The Labute approximate surface area is 181 Å². The molecule has 2 N–H and O–H groups in total. The van der Waals surface area contributed by atoms with E-state index in [2.05, 4.69) is 25.5 Å². The largest absolute Gasteiger partial charge is 0.325 e. The van der Waals surface area contributed by atoms with Crippen molar-refractivity contribution in [3.05, 3.63) is 76.0 Å². The standard InChI is InChI=1S/C21H18FN5OS2/c1-13-6-2-5-9-17(13)24-18(28)10-19-23-14(11-29-19)12-30-21-25-20(26-27-21)15-7-3-4-8-16(15)22/h2-9,11H,10,12H2,1H3,(H,24,28)(H,25,26,27). The number of aryl methyl sites for hydroxylation is 1. The molecule has 9 heteroatoms. The second-order valence-electron chi connectivity index (χ2n) is 6.51. The summed E-state index contributed by atoms with van der Waals surface area (Å²) in [6.07, 6.45) is 0.224. The number of nitrogens with zero attached hydrogens (tertiary/aromatic N) is 3. The van der Waals surface area contributed by atoms with Crippen LogP contribution in [0.5, 0.6) is 0 Å². The Morgan fingerprint density at radius 1 is 1.17 bits per heavy atom. The average Bonchev–Trinajstić information content (AvgIpc) is 3.38. The number of halogens is 1. The molecule has 0 unspecified atom stereocenters. The first-order valence-corrected chi connectivity index (χ1v) is 11.0. The lowest BCUT2D eigenvalue weighted by Crippen LogP contribution is -2.15. The minimum atomic E-state index is -0.349. The number of H-pyrrole nitrogens is 1. The summed E-state index contributed by atoms with van der Waals surface area (Å²) in [4.78, 5) is 21.1. The molecule has 0 aliphatic heterocycles. The number of rotatable bonds is 7. The average molecular weight is 440 g/mol. The molecule has 4 rings (SSSR count). The molecular formula is C21H18FN5OS2. The molecule has 1 amide bonds. The predicted molar refractivity (Wildman–Crippen MR) is 117 cm³/mol. The third kappa shape index (κ3) is 4.92. The van der Waals surface area contributed by atoms with Gasteiger partial charge in [-0.2, -0.15) is 0 Å². The highest BCUT2D eigenvalue weighted by atomic mass is 32.2. The number of hydrogen-bond donors (Lipinski definition) is 2. The van der Waals surface area contributed by atoms with Crippen LogP contribution in [0.1, 0.15) is 16.3 Å². The lowest BCUT2D eigenvalue weighted by Gasteiger charge is -2.06. The quantitative estimate of drug-likeness (QED) is 0.402. The highest BCUT2D eigenvalue weighted by molar-refractivity contribution is 7.98. The second-order valence-corrected chi connectivity index (χ2v) is 8.39. The molecule has 0 radical (unpaired) electrons. The van der Waals surface area contributed by atoms with Gasteiger partial charge in [0, 0.05) is 16.8 Å². The van der Waals surface area contributed by atoms with Crippen molar-refractivity contribution < 1.29 is 9.18 Å². The van der Waals surface area contributed by atoms with E-state index in [1.807, 2.05) is 36.6 Å². The van der Waals surface area contributed by atoms with Crippen molar-refractivity contribution in [2.45, 2.75) is 24.3 Å². The summed E-state index contributed by atoms with van der Waals surface area (Å²) in [6, 6.07) is 14.1. The molecule has 4 aromatic rings. The van der Waals surface area contributed by atoms with Crippen molar-refractivity contribution in [3.8, 4) is 11.4 Å². The van der Waals surface area contributed by atoms with E-state index in [0.717, 1.165) is 22.0 Å². The van der Waals surface area contributed by atoms with E-state index in [9.17, 15) is 9.18 Å². The highest BCUT2D eigenvalue weighted by Crippen LogP contribution is 2.24. The molecular weight excluding hydrogens is 421 g/mol. The Kier molecular flexibility index (Phi) is 6.20. The summed E-state index contributed by atoms with van der Waals surface area (Å²) in [6.45, 7) is 1.95. The van der Waals surface area contributed by atoms with Gasteiger partial charge in [-0.25, -0.2) is 14.4 Å². The molecule has 0 fully saturated rings. The van der Waals surface area contributed by atoms with Crippen molar-refractivity contribution in [1.29, 1.82) is 0 Å². The van der Waals surface area contributed by atoms with Crippen molar-refractivity contribution in [2.75, 3.05) is 5.32 Å². The molecule has 0 spiro atoms. The van der Waals surface area contributed by atoms with Crippen LogP contribution < -0.4 is 5.32 Å². The fourth-order valence-electron chi connectivity index (χ4n) is 2.76. The number of amides is 1. The number of aromatic nitrogens is 4. The lowest BCUT2D eigenvalue weighted by atomic mass is 10.2. The minimum Gasteiger partial charge on any atom is -0.325 e. The Bertz CT molecular complexity index is 1170. The molecule has 2 heterocycles. The van der Waals surface area contributed by atoms with Crippen LogP contribution in [0, 0.1) is 12.7 Å². The van der Waals surface area contributed by atoms with Gasteiger partial charge in [0.15, 0.2) is 5.82 Å². The molecule has 0 bridgehead atoms. The molecule has 2 aromatic heterocycles. The van der Waals surface area contributed by atoms with Crippen molar-refractivity contribution >= 4 is 34.7 Å². The number of nitrogens with one attached hydrogen (secondary N) is 2. The van der Waals surface area contributed by atoms with Crippen LogP contribution in [0.2, 0.25) is 0 Å². The van der Waals surface area contributed by atoms with E-state index in [1.165, 1.54) is 29.2 Å². The molecule has 152 valence electrons. The number of carbonyl (C=O) groups is 1. The smallest absolute Gasteiger partial charge is 0.231 e. The molecule has 0 atom stereocenters. The summed E-state index contributed by atoms with van der Waals surface area (Å²) < 4.78 is 13.9. The first-order chi connectivity index (χ1) is 14.6. The van der Waals surface area contributed by atoms with Gasteiger partial charge in [0.05, 0.1) is 17.7 Å². The van der Waals surface area contributed by atoms with Gasteiger partial charge >= 0.3 is 0 Å². The highest BCUT2D eigenvalue weighted by Gasteiger charge is 2.12. The minimum absolute atomic E-state index is 0.0960. The fourth-order valence-corrected chi connectivity index (χ4v) is 4.35. The third-order valence-corrected chi connectivity index (χ3v) is 6.05. The first kappa shape index (κ1) is 20.2. The zero-order chi connectivity index (χ0) is 20.9. The number of thiazole rings is 1. The molecule has 0 saturated carbocycles. The van der Waals surface area contributed by atoms with Crippen LogP contribution in [0.3, 0.4) is 0 Å². The van der Waals surface area contributed by atoms with Gasteiger partial charge in [-0.3, -0.25) is 9.89 Å². The summed E-state index contributed by atoms with van der Waals surface area (Å²) in [5.74, 6) is 0.506. The SMILES string of the molecule is Cc1ccccc1NC(=O)Cc1nc(CSc2n[nH]c(-c3ccccc3F)n2)cs1. The van der Waals surface area contributed by atoms with Crippen molar-refractivity contribution in [3.63, 3.8) is 0 Å². The summed E-state index contributed by atoms with van der Waals surface area (Å²) in [5.41, 5.74) is 3.06. The summed E-state index contributed by atoms with van der Waals surface area (Å²) >= 11 is 2.85. The Morgan fingerprint density at radius 3 is 2.80 bits per heavy atom. The molecule has 0 aliphatic rings. The van der Waals surface area contributed by atoms with E-state index in [4.69, 9.17) is 0 Å². The van der Waals surface area contributed by atoms with Crippen LogP contribution in [0.4, 0.5) is 10.1 Å². The monoisotopic (exact) mass is 439 g/mol. The molecule has 2 aromatic carbocycles. The number of benzene rings is 2. The fraction of sp³-hybridized carbons (Fsp3) is 0.143. The molecule has 0 aliphatic carbocycles. The van der Waals surface area contributed by atoms with Crippen LogP contribution in [0.15, 0.2) is 59.1 Å². The van der Waals surface area contributed by atoms with E-state index in [0.29, 0.717) is 22.3 Å². The second kappa shape index (κ2) is 9.19. The van der Waals surface area contributed by atoms with E-state index in [-0.39, 0.29) is 18.1 Å². The van der Waals surface area contributed by atoms with E-state index < -0.39 is 0 Å². The number of para-hydroxylation sites is 1. The predicted octanol–water partition coefficient (Wildman–Crippen LogP) is 4.85. The topological polar surface area (TPSA) is 83.6 Å². The number of anilines is 1. The summed E-state index contributed by atoms with van der Waals surface area (Å²) in [5, 5.41) is 13.0. The normalized spacial score (nSPS) is 10.9. The number of thioether (sulfide) groups is 1. The van der Waals surface area contributed by atoms with Crippen LogP contribution >= 0.6 is 23.1 Å². The maximum Gasteiger partial charge on any atom is 0.231 e. The maximum absolute atomic E-state index is 13.9. The zero-order valence-electron chi connectivity index (χ0n) is 16.1. The van der Waals surface area contributed by atoms with E-state index in [1.54, 1.807) is 18.2 Å². The third-order valence-electron chi connectivity index (χ3n) is 4.27. The molecule has 6 nitrogen and oxygen atoms in total. The lowest BCUT2D eigenvalue weighted by molar-refractivity contribution is -0.115. The Hall–Kier alpha value is -3.04. The van der Waals surface area contributed by atoms with Gasteiger partial charge in [0.25, 0.3) is 0 Å². The van der Waals surface area contributed by atoms with Crippen molar-refractivity contribution in [1.82, 2.24) is 20.2 Å². The number of carbonyl (C=O) groups excluding carboxylic acids is 1. The molecule has 0 saturated heterocycles. The van der Waals surface area contributed by atoms with Gasteiger partial charge in [-0.05, 0) is 30.7 Å². The van der Waals surface area contributed by atoms with Gasteiger partial charge in [0.1, 0.15) is 10.8 Å². The van der Waals surface area contributed by atoms with E-state index >= 15 is 0 Å². The van der Waals surface area contributed by atoms with Crippen LogP contribution in [0.25, 0.3) is 11.4 Å². The first-order valence-electron chi connectivity index (χ1n) is 9.17. The van der Waals surface area contributed by atoms with Crippen LogP contribution in [-0.4, -0.2) is 26.1 Å². The van der Waals surface area contributed by atoms with Crippen molar-refractivity contribution in [2.24, 2.45) is 0 Å². The number of aromatic amines is 1. The van der Waals surface area contributed by atoms with Gasteiger partial charge in [-0.1, -0.05) is 42.1 Å². The Morgan fingerprint density at radius 2 is 1.97 bits per heavy atom. The van der Waals surface area contributed by atoms with Crippen LogP contribution in [-0.2, 0) is 17.0 Å². The zero-order valence-corrected chi connectivity index (χ0v) is 17.7. The Balaban J connectivity index is 1.32. The van der Waals surface area contributed by atoms with Gasteiger partial charge in [0.2, 0.25) is 11.1 Å². The summed E-state index contributed by atoms with van der Waals surface area (Å²) in [7, 11) is 0. The van der Waals surface area contributed by atoms with Gasteiger partial charge < -0.3 is 5.32 Å². The van der Waals surface area contributed by atoms with Gasteiger partial charge in [-0.15, -0.1) is 16.4 Å². The number of hydrogen-bond acceptors (Lipinski definition) is 6. The maximum atomic E-state index is 13.9.